The van der Waals surface area contributed by atoms with E-state index in [2.05, 4.69) is 15.3 Å². The molecule has 24 heavy (non-hydrogen) atoms. The van der Waals surface area contributed by atoms with Crippen molar-refractivity contribution in [2.45, 2.75) is 25.7 Å². The summed E-state index contributed by atoms with van der Waals surface area (Å²) in [6.45, 7) is 5.13. The number of hydrogen-bond donors (Lipinski definition) is 1. The Morgan fingerprint density at radius 1 is 1.29 bits per heavy atom. The number of halogens is 1. The Balaban J connectivity index is 1.77. The number of benzene rings is 1. The van der Waals surface area contributed by atoms with Crippen LogP contribution in [0.15, 0.2) is 30.3 Å². The molecule has 0 saturated carbocycles. The molecule has 1 atom stereocenters. The van der Waals surface area contributed by atoms with E-state index in [9.17, 15) is 9.18 Å². The second-order valence-electron chi connectivity index (χ2n) is 6.21. The van der Waals surface area contributed by atoms with E-state index < -0.39 is 0 Å². The highest BCUT2D eigenvalue weighted by molar-refractivity contribution is 5.92. The van der Waals surface area contributed by atoms with Gasteiger partial charge in [0.15, 0.2) is 0 Å². The maximum absolute atomic E-state index is 13.2. The molecule has 0 bridgehead atoms. The van der Waals surface area contributed by atoms with Gasteiger partial charge in [-0.05, 0) is 44.0 Å². The molecule has 2 aromatic rings. The molecule has 1 aromatic heterocycles. The number of aromatic nitrogens is 2. The summed E-state index contributed by atoms with van der Waals surface area (Å²) < 4.78 is 18.7. The first-order chi connectivity index (χ1) is 11.5. The first-order valence-corrected chi connectivity index (χ1v) is 7.93. The minimum Gasteiger partial charge on any atom is -0.380 e. The lowest BCUT2D eigenvalue weighted by atomic mass is 9.79. The van der Waals surface area contributed by atoms with Crippen molar-refractivity contribution in [2.24, 2.45) is 0 Å². The fraction of sp³-hybridized carbons (Fsp3) is 0.389. The molecular weight excluding hydrogens is 309 g/mol. The van der Waals surface area contributed by atoms with Gasteiger partial charge >= 0.3 is 0 Å². The zero-order valence-corrected chi connectivity index (χ0v) is 13.8. The molecule has 0 spiro atoms. The van der Waals surface area contributed by atoms with Crippen molar-refractivity contribution in [2.75, 3.05) is 19.8 Å². The van der Waals surface area contributed by atoms with Crippen LogP contribution in [0.4, 0.5) is 4.39 Å². The summed E-state index contributed by atoms with van der Waals surface area (Å²) in [4.78, 5) is 20.8. The van der Waals surface area contributed by atoms with Crippen LogP contribution in [0.2, 0.25) is 0 Å². The zero-order valence-electron chi connectivity index (χ0n) is 13.8. The number of aryl methyl sites for hydroxylation is 2. The van der Waals surface area contributed by atoms with Gasteiger partial charge in [0.05, 0.1) is 6.61 Å². The first-order valence-electron chi connectivity index (χ1n) is 7.93. The third-order valence-electron chi connectivity index (χ3n) is 4.35. The minimum atomic E-state index is -0.333. The van der Waals surface area contributed by atoms with Gasteiger partial charge in [-0.25, -0.2) is 14.4 Å². The van der Waals surface area contributed by atoms with E-state index in [1.54, 1.807) is 25.1 Å². The second kappa shape index (κ2) is 6.65. The van der Waals surface area contributed by atoms with E-state index in [1.807, 2.05) is 6.92 Å². The summed E-state index contributed by atoms with van der Waals surface area (Å²) >= 11 is 0. The van der Waals surface area contributed by atoms with E-state index in [1.165, 1.54) is 12.1 Å². The molecule has 1 N–H and O–H groups in total. The van der Waals surface area contributed by atoms with Crippen LogP contribution in [-0.4, -0.2) is 35.6 Å². The van der Waals surface area contributed by atoms with Crippen LogP contribution in [-0.2, 0) is 10.2 Å². The fourth-order valence-corrected chi connectivity index (χ4v) is 3.05. The monoisotopic (exact) mass is 329 g/mol. The molecule has 1 amide bonds. The van der Waals surface area contributed by atoms with Crippen LogP contribution in [0.3, 0.4) is 0 Å². The fourth-order valence-electron chi connectivity index (χ4n) is 3.05. The predicted molar refractivity (Wildman–Crippen MR) is 87.4 cm³/mol. The third-order valence-corrected chi connectivity index (χ3v) is 4.35. The summed E-state index contributed by atoms with van der Waals surface area (Å²) in [6.07, 6.45) is 0.779. The molecular formula is C18H20FN3O2. The summed E-state index contributed by atoms with van der Waals surface area (Å²) in [6, 6.07) is 8.06. The maximum atomic E-state index is 13.2. The van der Waals surface area contributed by atoms with Crippen LogP contribution in [0.5, 0.6) is 0 Å². The Kier molecular flexibility index (Phi) is 4.57. The van der Waals surface area contributed by atoms with Gasteiger partial charge in [0, 0.05) is 24.3 Å². The number of nitrogens with one attached hydrogen (secondary N) is 1. The SMILES string of the molecule is Cc1cc(C(=O)NC[C@@]2(c3ccc(F)cc3)CCOC2)nc(C)n1. The number of ether oxygens (including phenoxy) is 1. The van der Waals surface area contributed by atoms with Gasteiger partial charge in [-0.2, -0.15) is 0 Å². The van der Waals surface area contributed by atoms with Crippen LogP contribution in [0, 0.1) is 19.7 Å². The number of amides is 1. The molecule has 1 aliphatic heterocycles. The number of carbonyl (C=O) groups excluding carboxylic acids is 1. The van der Waals surface area contributed by atoms with Crippen molar-refractivity contribution in [3.63, 3.8) is 0 Å². The molecule has 3 rings (SSSR count). The lowest BCUT2D eigenvalue weighted by Crippen LogP contribution is -2.41. The predicted octanol–water partition coefficient (Wildman–Crippen LogP) is 2.32. The van der Waals surface area contributed by atoms with Crippen molar-refractivity contribution < 1.29 is 13.9 Å². The third kappa shape index (κ3) is 3.43. The van der Waals surface area contributed by atoms with Crippen molar-refractivity contribution in [3.05, 3.63) is 58.9 Å². The molecule has 1 fully saturated rings. The summed E-state index contributed by atoms with van der Waals surface area (Å²) in [5.74, 6) is 0.0540. The van der Waals surface area contributed by atoms with Gasteiger partial charge in [-0.3, -0.25) is 4.79 Å². The number of hydrogen-bond acceptors (Lipinski definition) is 4. The normalized spacial score (nSPS) is 20.1. The average molecular weight is 329 g/mol. The van der Waals surface area contributed by atoms with Gasteiger partial charge < -0.3 is 10.1 Å². The summed E-state index contributed by atoms with van der Waals surface area (Å²) in [5, 5.41) is 2.95. The van der Waals surface area contributed by atoms with Gasteiger partial charge in [-0.15, -0.1) is 0 Å². The Labute approximate surface area is 140 Å². The van der Waals surface area contributed by atoms with Crippen LogP contribution >= 0.6 is 0 Å². The van der Waals surface area contributed by atoms with E-state index in [0.29, 0.717) is 31.3 Å². The topological polar surface area (TPSA) is 64.1 Å². The molecule has 0 aliphatic carbocycles. The molecule has 1 saturated heterocycles. The highest BCUT2D eigenvalue weighted by Gasteiger charge is 2.37. The van der Waals surface area contributed by atoms with Crippen LogP contribution < -0.4 is 5.32 Å². The minimum absolute atomic E-state index is 0.239. The molecule has 0 unspecified atom stereocenters. The Bertz CT molecular complexity index is 720. The number of rotatable bonds is 4. The smallest absolute Gasteiger partial charge is 0.270 e. The highest BCUT2D eigenvalue weighted by Crippen LogP contribution is 2.32. The van der Waals surface area contributed by atoms with Crippen molar-refractivity contribution in [3.8, 4) is 0 Å². The molecule has 2 heterocycles. The largest absolute Gasteiger partial charge is 0.380 e. The molecule has 126 valence electrons. The van der Waals surface area contributed by atoms with Crippen molar-refractivity contribution >= 4 is 5.91 Å². The molecule has 1 aliphatic rings. The standard InChI is InChI=1S/C18H20FN3O2/c1-12-9-16(22-13(2)21-12)17(23)20-10-18(7-8-24-11-18)14-3-5-15(19)6-4-14/h3-6,9H,7-8,10-11H2,1-2H3,(H,20,23)/t18-/m0/s1. The number of carbonyl (C=O) groups is 1. The summed E-state index contributed by atoms with van der Waals surface area (Å²) in [7, 11) is 0. The molecule has 5 nitrogen and oxygen atoms in total. The van der Waals surface area contributed by atoms with E-state index >= 15 is 0 Å². The average Bonchev–Trinajstić information content (AvgIpc) is 3.02. The van der Waals surface area contributed by atoms with Gasteiger partial charge in [-0.1, -0.05) is 12.1 Å². The second-order valence-corrected chi connectivity index (χ2v) is 6.21. The van der Waals surface area contributed by atoms with Gasteiger partial charge in [0.25, 0.3) is 5.91 Å². The van der Waals surface area contributed by atoms with E-state index in [-0.39, 0.29) is 17.1 Å². The van der Waals surface area contributed by atoms with Gasteiger partial charge in [0.2, 0.25) is 0 Å². The maximum Gasteiger partial charge on any atom is 0.270 e. The highest BCUT2D eigenvalue weighted by atomic mass is 19.1. The lowest BCUT2D eigenvalue weighted by Gasteiger charge is -2.28. The molecule has 0 radical (unpaired) electrons. The Morgan fingerprint density at radius 2 is 2.04 bits per heavy atom. The Hall–Kier alpha value is -2.34. The lowest BCUT2D eigenvalue weighted by molar-refractivity contribution is 0.0933. The van der Waals surface area contributed by atoms with Crippen molar-refractivity contribution in [1.29, 1.82) is 0 Å². The summed E-state index contributed by atoms with van der Waals surface area (Å²) in [5.41, 5.74) is 1.75. The molecule has 6 heteroatoms. The Morgan fingerprint density at radius 3 is 2.67 bits per heavy atom. The zero-order chi connectivity index (χ0) is 17.2. The van der Waals surface area contributed by atoms with Crippen LogP contribution in [0.1, 0.15) is 34.0 Å². The van der Waals surface area contributed by atoms with E-state index in [4.69, 9.17) is 4.74 Å². The number of nitrogens with zero attached hydrogens (tertiary/aromatic N) is 2. The molecule has 1 aromatic carbocycles. The van der Waals surface area contributed by atoms with Gasteiger partial charge in [0.1, 0.15) is 17.3 Å². The van der Waals surface area contributed by atoms with Crippen LogP contribution in [0.25, 0.3) is 0 Å². The first kappa shape index (κ1) is 16.5. The van der Waals surface area contributed by atoms with Crippen molar-refractivity contribution in [1.82, 2.24) is 15.3 Å². The van der Waals surface area contributed by atoms with E-state index in [0.717, 1.165) is 17.7 Å². The quantitative estimate of drug-likeness (QED) is 0.935.